The Kier molecular flexibility index (Phi) is 9.95. The maximum Gasteiger partial charge on any atom is 0.410 e. The Labute approximate surface area is 262 Å². The molecule has 3 aromatic rings. The van der Waals surface area contributed by atoms with Crippen LogP contribution < -0.4 is 10.6 Å². The molecule has 2 N–H and O–H groups in total. The summed E-state index contributed by atoms with van der Waals surface area (Å²) in [5.41, 5.74) is 1.02. The van der Waals surface area contributed by atoms with Crippen molar-refractivity contribution in [1.29, 1.82) is 0 Å². The van der Waals surface area contributed by atoms with Crippen LogP contribution in [-0.2, 0) is 27.2 Å². The largest absolute Gasteiger partial charge is 0.465 e. The second-order valence-electron chi connectivity index (χ2n) is 10.9. The Hall–Kier alpha value is -4.43. The van der Waals surface area contributed by atoms with E-state index in [1.54, 1.807) is 56.9 Å². The predicted octanol–water partition coefficient (Wildman–Crippen LogP) is 6.11. The van der Waals surface area contributed by atoms with E-state index < -0.39 is 33.7 Å². The molecule has 0 radical (unpaired) electrons. The number of rotatable bonds is 8. The van der Waals surface area contributed by atoms with Crippen molar-refractivity contribution in [3.05, 3.63) is 80.2 Å². The fraction of sp³-hybridized carbons (Fsp3) is 0.333. The normalized spacial score (nSPS) is 13.3. The quantitative estimate of drug-likeness (QED) is 0.128. The molecule has 12 nitrogen and oxygen atoms in total. The molecule has 3 amide bonds. The Morgan fingerprint density at radius 1 is 1.09 bits per heavy atom. The summed E-state index contributed by atoms with van der Waals surface area (Å²) in [6, 6.07) is 12.2. The molecule has 0 saturated carbocycles. The van der Waals surface area contributed by atoms with Gasteiger partial charge < -0.3 is 25.0 Å². The lowest BCUT2D eigenvalue weighted by molar-refractivity contribution is -0.384. The van der Waals surface area contributed by atoms with E-state index in [4.69, 9.17) is 9.47 Å². The van der Waals surface area contributed by atoms with Crippen LogP contribution in [0.4, 0.5) is 21.2 Å². The Bertz CT molecular complexity index is 1600. The highest BCUT2D eigenvalue weighted by Crippen LogP contribution is 2.38. The molecule has 2 aromatic carbocycles. The summed E-state index contributed by atoms with van der Waals surface area (Å²) < 4.78 is 10.5. The number of thiophene rings is 1. The number of nitrogens with zero attached hydrogens (tertiary/aromatic N) is 2. The van der Waals surface area contributed by atoms with Crippen LogP contribution in [0.15, 0.2) is 53.4 Å². The van der Waals surface area contributed by atoms with Crippen LogP contribution in [-0.4, -0.2) is 58.2 Å². The Morgan fingerprint density at radius 3 is 2.43 bits per heavy atom. The highest BCUT2D eigenvalue weighted by atomic mass is 32.2. The van der Waals surface area contributed by atoms with Gasteiger partial charge in [-0.15, -0.1) is 23.1 Å². The summed E-state index contributed by atoms with van der Waals surface area (Å²) in [6.45, 7) is 7.71. The summed E-state index contributed by atoms with van der Waals surface area (Å²) in [5, 5.41) is 16.3. The zero-order valence-corrected chi connectivity index (χ0v) is 26.4. The number of thioether (sulfide) groups is 1. The number of nitro groups is 1. The summed E-state index contributed by atoms with van der Waals surface area (Å²) in [4.78, 5) is 64.7. The van der Waals surface area contributed by atoms with Gasteiger partial charge in [0.15, 0.2) is 0 Å². The number of nitrogens with one attached hydrogen (secondary N) is 2. The summed E-state index contributed by atoms with van der Waals surface area (Å²) in [7, 11) is 1.28. The maximum absolute atomic E-state index is 13.3. The number of amides is 3. The number of hydrogen-bond acceptors (Lipinski definition) is 10. The Balaban J connectivity index is 1.43. The summed E-state index contributed by atoms with van der Waals surface area (Å²) in [6.07, 6.45) is -0.0356. The zero-order valence-electron chi connectivity index (χ0n) is 24.8. The average Bonchev–Trinajstić information content (AvgIpc) is 3.33. The lowest BCUT2D eigenvalue weighted by atomic mass is 10.0. The first kappa shape index (κ1) is 32.5. The predicted molar refractivity (Wildman–Crippen MR) is 167 cm³/mol. The van der Waals surface area contributed by atoms with Crippen molar-refractivity contribution in [1.82, 2.24) is 4.90 Å². The molecule has 232 valence electrons. The van der Waals surface area contributed by atoms with Gasteiger partial charge in [0.25, 0.3) is 11.6 Å². The van der Waals surface area contributed by atoms with Crippen LogP contribution >= 0.6 is 23.1 Å². The van der Waals surface area contributed by atoms with Crippen LogP contribution in [0.1, 0.15) is 58.9 Å². The van der Waals surface area contributed by atoms with Gasteiger partial charge >= 0.3 is 12.1 Å². The van der Waals surface area contributed by atoms with E-state index in [0.717, 1.165) is 10.4 Å². The van der Waals surface area contributed by atoms with Crippen molar-refractivity contribution in [2.75, 3.05) is 24.3 Å². The number of carbonyl (C=O) groups excluding carboxylic acids is 4. The first-order chi connectivity index (χ1) is 20.8. The van der Waals surface area contributed by atoms with Crippen LogP contribution in [0.3, 0.4) is 0 Å². The molecule has 1 aliphatic heterocycles. The van der Waals surface area contributed by atoms with E-state index in [-0.39, 0.29) is 29.3 Å². The van der Waals surface area contributed by atoms with Gasteiger partial charge in [-0.05, 0) is 70.0 Å². The minimum Gasteiger partial charge on any atom is -0.465 e. The number of hydrogen-bond donors (Lipinski definition) is 2. The zero-order chi connectivity index (χ0) is 32.2. The van der Waals surface area contributed by atoms with Gasteiger partial charge in [-0.25, -0.2) is 9.59 Å². The first-order valence-electron chi connectivity index (χ1n) is 13.6. The fourth-order valence-corrected chi connectivity index (χ4v) is 6.53. The van der Waals surface area contributed by atoms with Crippen molar-refractivity contribution in [3.63, 3.8) is 0 Å². The molecule has 0 bridgehead atoms. The number of benzene rings is 2. The molecule has 4 rings (SSSR count). The minimum absolute atomic E-state index is 0.114. The standard InChI is InChI=1S/C30H32N4O8S2/c1-17(43-21-8-6-7-19(15-21)31-26(36)18-9-11-20(12-10-18)34(39)40)25(35)32-27-24(28(37)41-5)22-13-14-33(16-23(22)44-27)29(38)42-30(2,3)4/h6-12,15,17H,13-14,16H2,1-5H3,(H,31,36)(H,32,35). The molecular weight excluding hydrogens is 608 g/mol. The van der Waals surface area contributed by atoms with Gasteiger partial charge in [-0.3, -0.25) is 19.7 Å². The monoisotopic (exact) mass is 640 g/mol. The Morgan fingerprint density at radius 2 is 1.80 bits per heavy atom. The first-order valence-corrected chi connectivity index (χ1v) is 15.3. The molecular formula is C30H32N4O8S2. The van der Waals surface area contributed by atoms with Gasteiger partial charge in [-0.1, -0.05) is 6.07 Å². The van der Waals surface area contributed by atoms with Gasteiger partial charge in [0, 0.05) is 39.7 Å². The van der Waals surface area contributed by atoms with Crippen LogP contribution in [0.5, 0.6) is 0 Å². The van der Waals surface area contributed by atoms with E-state index >= 15 is 0 Å². The number of methoxy groups -OCH3 is 1. The molecule has 2 heterocycles. The van der Waals surface area contributed by atoms with E-state index in [9.17, 15) is 29.3 Å². The highest BCUT2D eigenvalue weighted by Gasteiger charge is 2.33. The third-order valence-electron chi connectivity index (χ3n) is 6.45. The number of fused-ring (bicyclic) bond motifs is 1. The van der Waals surface area contributed by atoms with Crippen molar-refractivity contribution < 1.29 is 33.6 Å². The smallest absolute Gasteiger partial charge is 0.410 e. The van der Waals surface area contributed by atoms with E-state index in [1.807, 2.05) is 0 Å². The number of nitro benzene ring substituents is 1. The molecule has 1 aromatic heterocycles. The maximum atomic E-state index is 13.3. The SMILES string of the molecule is COC(=O)c1c(NC(=O)C(C)Sc2cccc(NC(=O)c3ccc([N+](=O)[O-])cc3)c2)sc2c1CCN(C(=O)OC(C)(C)C)C2. The van der Waals surface area contributed by atoms with Gasteiger partial charge in [0.2, 0.25) is 5.91 Å². The molecule has 44 heavy (non-hydrogen) atoms. The average molecular weight is 641 g/mol. The fourth-order valence-electron chi connectivity index (χ4n) is 4.35. The number of esters is 1. The van der Waals surface area contributed by atoms with Crippen molar-refractivity contribution in [2.24, 2.45) is 0 Å². The van der Waals surface area contributed by atoms with Crippen molar-refractivity contribution in [2.45, 2.75) is 56.4 Å². The number of anilines is 2. The molecule has 14 heteroatoms. The lowest BCUT2D eigenvalue weighted by Crippen LogP contribution is -2.39. The lowest BCUT2D eigenvalue weighted by Gasteiger charge is -2.30. The molecule has 0 fully saturated rings. The number of non-ortho nitro benzene ring substituents is 1. The number of carbonyl (C=O) groups is 4. The number of ether oxygens (including phenoxy) is 2. The molecule has 1 unspecified atom stereocenters. The molecule has 0 aliphatic carbocycles. The molecule has 0 saturated heterocycles. The van der Waals surface area contributed by atoms with Crippen LogP contribution in [0.25, 0.3) is 0 Å². The third-order valence-corrected chi connectivity index (χ3v) is 8.68. The van der Waals surface area contributed by atoms with Gasteiger partial charge in [-0.2, -0.15) is 0 Å². The molecule has 1 aliphatic rings. The van der Waals surface area contributed by atoms with Crippen LogP contribution in [0, 0.1) is 10.1 Å². The van der Waals surface area contributed by atoms with Crippen molar-refractivity contribution >= 4 is 63.4 Å². The summed E-state index contributed by atoms with van der Waals surface area (Å²) >= 11 is 2.49. The third kappa shape index (κ3) is 7.94. The van der Waals surface area contributed by atoms with Gasteiger partial charge in [0.1, 0.15) is 10.6 Å². The molecule has 1 atom stereocenters. The minimum atomic E-state index is -0.644. The van der Waals surface area contributed by atoms with Crippen LogP contribution in [0.2, 0.25) is 0 Å². The van der Waals surface area contributed by atoms with Gasteiger partial charge in [0.05, 0.1) is 29.4 Å². The van der Waals surface area contributed by atoms with E-state index in [0.29, 0.717) is 28.5 Å². The van der Waals surface area contributed by atoms with Crippen molar-refractivity contribution in [3.8, 4) is 0 Å². The highest BCUT2D eigenvalue weighted by molar-refractivity contribution is 8.00. The summed E-state index contributed by atoms with van der Waals surface area (Å²) in [5.74, 6) is -1.35. The topological polar surface area (TPSA) is 157 Å². The molecule has 0 spiro atoms. The second-order valence-corrected chi connectivity index (χ2v) is 13.4. The van der Waals surface area contributed by atoms with E-state index in [2.05, 4.69) is 10.6 Å². The second kappa shape index (κ2) is 13.5. The van der Waals surface area contributed by atoms with E-state index in [1.165, 1.54) is 54.5 Å².